The Balaban J connectivity index is 2.78. The fourth-order valence-electron chi connectivity index (χ4n) is 0.961. The molecule has 0 aliphatic rings. The molecule has 1 rings (SSSR count). The number of carbonyl (C=O) groups is 1. The van der Waals surface area contributed by atoms with Crippen molar-refractivity contribution in [3.05, 3.63) is 35.7 Å². The minimum absolute atomic E-state index is 0.0676. The Hall–Kier alpha value is -1.29. The van der Waals surface area contributed by atoms with E-state index in [1.165, 1.54) is 12.3 Å². The van der Waals surface area contributed by atoms with E-state index in [1.54, 1.807) is 6.07 Å². The molecule has 0 saturated carbocycles. The lowest BCUT2D eigenvalue weighted by atomic mass is 10.2. The Kier molecular flexibility index (Phi) is 4.19. The number of thiol groups is 1. The molecule has 0 saturated heterocycles. The molecule has 0 unspecified atom stereocenters. The van der Waals surface area contributed by atoms with E-state index in [-0.39, 0.29) is 5.69 Å². The summed E-state index contributed by atoms with van der Waals surface area (Å²) in [6.45, 7) is 0. The third kappa shape index (κ3) is 3.22. The topological polar surface area (TPSA) is 50.2 Å². The van der Waals surface area contributed by atoms with E-state index in [2.05, 4.69) is 17.6 Å². The number of nitrogens with zero attached hydrogens (tertiary/aromatic N) is 1. The smallest absolute Gasteiger partial charge is 0.354 e. The predicted octanol–water partition coefficient (Wildman–Crippen LogP) is 2.11. The van der Waals surface area contributed by atoms with Gasteiger partial charge in [0.05, 0.1) is 0 Å². The van der Waals surface area contributed by atoms with Gasteiger partial charge in [-0.3, -0.25) is 0 Å². The van der Waals surface area contributed by atoms with Crippen LogP contribution in [0.15, 0.2) is 24.4 Å². The van der Waals surface area contributed by atoms with Crippen LogP contribution in [-0.4, -0.2) is 21.8 Å². The Bertz CT molecular complexity index is 350. The van der Waals surface area contributed by atoms with Gasteiger partial charge in [-0.25, -0.2) is 9.78 Å². The molecule has 0 aliphatic heterocycles. The first kappa shape index (κ1) is 10.8. The molecule has 0 aromatic carbocycles. The first-order chi connectivity index (χ1) is 6.74. The maximum Gasteiger partial charge on any atom is 0.354 e. The highest BCUT2D eigenvalue weighted by Gasteiger charge is 2.02. The van der Waals surface area contributed by atoms with Crippen LogP contribution in [-0.2, 0) is 0 Å². The number of pyridine rings is 1. The summed E-state index contributed by atoms with van der Waals surface area (Å²) in [4.78, 5) is 14.3. The van der Waals surface area contributed by atoms with E-state index in [1.807, 2.05) is 12.2 Å². The van der Waals surface area contributed by atoms with Gasteiger partial charge < -0.3 is 5.11 Å². The number of carboxylic acids is 1. The van der Waals surface area contributed by atoms with Gasteiger partial charge in [-0.1, -0.05) is 12.2 Å². The second-order valence-electron chi connectivity index (χ2n) is 2.69. The summed E-state index contributed by atoms with van der Waals surface area (Å²) in [6, 6.07) is 3.30. The molecule has 14 heavy (non-hydrogen) atoms. The van der Waals surface area contributed by atoms with E-state index < -0.39 is 5.97 Å². The van der Waals surface area contributed by atoms with Gasteiger partial charge in [0, 0.05) is 6.20 Å². The second-order valence-corrected chi connectivity index (χ2v) is 3.14. The van der Waals surface area contributed by atoms with Gasteiger partial charge in [-0.2, -0.15) is 12.6 Å². The lowest BCUT2D eigenvalue weighted by molar-refractivity contribution is 0.0690. The third-order valence-electron chi connectivity index (χ3n) is 1.61. The number of aromatic carboxylic acids is 1. The fraction of sp³-hybridized carbons (Fsp3) is 0.200. The molecule has 1 aromatic rings. The lowest BCUT2D eigenvalue weighted by Gasteiger charge is -1.95. The molecule has 1 N–H and O–H groups in total. The molecule has 0 atom stereocenters. The molecule has 0 aliphatic carbocycles. The fourth-order valence-corrected chi connectivity index (χ4v) is 1.11. The molecule has 0 fully saturated rings. The summed E-state index contributed by atoms with van der Waals surface area (Å²) in [5.41, 5.74) is 0.914. The number of hydrogen-bond donors (Lipinski definition) is 2. The zero-order chi connectivity index (χ0) is 10.4. The molecule has 0 spiro atoms. The van der Waals surface area contributed by atoms with Crippen LogP contribution >= 0.6 is 12.6 Å². The molecule has 0 amide bonds. The van der Waals surface area contributed by atoms with Crippen molar-refractivity contribution >= 4 is 24.7 Å². The summed E-state index contributed by atoms with van der Waals surface area (Å²) in [7, 11) is 0. The summed E-state index contributed by atoms with van der Waals surface area (Å²) < 4.78 is 0. The minimum Gasteiger partial charge on any atom is -0.477 e. The third-order valence-corrected chi connectivity index (χ3v) is 1.87. The Morgan fingerprint density at radius 2 is 2.43 bits per heavy atom. The maximum atomic E-state index is 10.6. The van der Waals surface area contributed by atoms with Crippen molar-refractivity contribution in [3.63, 3.8) is 0 Å². The molecular formula is C10H11NO2S. The van der Waals surface area contributed by atoms with Gasteiger partial charge in [0.2, 0.25) is 0 Å². The van der Waals surface area contributed by atoms with Crippen molar-refractivity contribution in [3.8, 4) is 0 Å². The molecule has 74 valence electrons. The van der Waals surface area contributed by atoms with Crippen molar-refractivity contribution in [2.45, 2.75) is 6.42 Å². The largest absolute Gasteiger partial charge is 0.477 e. The van der Waals surface area contributed by atoms with E-state index in [9.17, 15) is 4.79 Å². The highest BCUT2D eigenvalue weighted by atomic mass is 32.1. The quantitative estimate of drug-likeness (QED) is 0.747. The van der Waals surface area contributed by atoms with Crippen LogP contribution in [0.2, 0.25) is 0 Å². The van der Waals surface area contributed by atoms with Crippen LogP contribution in [0.4, 0.5) is 0 Å². The number of aromatic nitrogens is 1. The summed E-state index contributed by atoms with van der Waals surface area (Å²) >= 11 is 4.06. The number of hydrogen-bond acceptors (Lipinski definition) is 3. The lowest BCUT2D eigenvalue weighted by Crippen LogP contribution is -1.99. The van der Waals surface area contributed by atoms with Gasteiger partial charge in [-0.15, -0.1) is 0 Å². The van der Waals surface area contributed by atoms with Crippen molar-refractivity contribution in [1.29, 1.82) is 0 Å². The summed E-state index contributed by atoms with van der Waals surface area (Å²) in [5.74, 6) is -0.220. The molecule has 3 nitrogen and oxygen atoms in total. The van der Waals surface area contributed by atoms with Gasteiger partial charge in [0.15, 0.2) is 0 Å². The number of carboxylic acid groups (broad SMARTS) is 1. The van der Waals surface area contributed by atoms with Crippen molar-refractivity contribution in [1.82, 2.24) is 4.98 Å². The van der Waals surface area contributed by atoms with Crippen molar-refractivity contribution in [2.75, 3.05) is 5.75 Å². The predicted molar refractivity (Wildman–Crippen MR) is 58.7 cm³/mol. The molecule has 1 heterocycles. The van der Waals surface area contributed by atoms with Gasteiger partial charge >= 0.3 is 5.97 Å². The second kappa shape index (κ2) is 5.44. The van der Waals surface area contributed by atoms with E-state index in [4.69, 9.17) is 5.11 Å². The van der Waals surface area contributed by atoms with Gasteiger partial charge in [-0.05, 0) is 29.9 Å². The van der Waals surface area contributed by atoms with Crippen LogP contribution in [0.25, 0.3) is 6.08 Å². The molecule has 1 aromatic heterocycles. The van der Waals surface area contributed by atoms with Crippen LogP contribution in [0.3, 0.4) is 0 Å². The summed E-state index contributed by atoms with van der Waals surface area (Å²) in [5, 5.41) is 8.68. The number of rotatable bonds is 4. The monoisotopic (exact) mass is 209 g/mol. The Morgan fingerprint density at radius 3 is 3.07 bits per heavy atom. The normalized spacial score (nSPS) is 10.6. The molecule has 0 bridgehead atoms. The number of allylic oxidation sites excluding steroid dienone is 1. The highest BCUT2D eigenvalue weighted by molar-refractivity contribution is 7.80. The minimum atomic E-state index is -1.01. The molecule has 4 heteroatoms. The summed E-state index contributed by atoms with van der Waals surface area (Å²) in [6.07, 6.45) is 6.18. The standard InChI is InChI=1S/C10H11NO2S/c12-10(13)9-7-8(4-5-11-9)3-1-2-6-14/h1,3-5,7,14H,2,6H2,(H,12,13). The zero-order valence-electron chi connectivity index (χ0n) is 7.55. The Labute approximate surface area is 87.9 Å². The molecule has 0 radical (unpaired) electrons. The first-order valence-corrected chi connectivity index (χ1v) is 4.84. The van der Waals surface area contributed by atoms with Gasteiger partial charge in [0.25, 0.3) is 0 Å². The molecular weight excluding hydrogens is 198 g/mol. The van der Waals surface area contributed by atoms with Crippen molar-refractivity contribution in [2.24, 2.45) is 0 Å². The van der Waals surface area contributed by atoms with Gasteiger partial charge in [0.1, 0.15) is 5.69 Å². The Morgan fingerprint density at radius 1 is 1.64 bits per heavy atom. The van der Waals surface area contributed by atoms with E-state index in [0.29, 0.717) is 0 Å². The van der Waals surface area contributed by atoms with Crippen LogP contribution in [0.1, 0.15) is 22.5 Å². The average molecular weight is 209 g/mol. The first-order valence-electron chi connectivity index (χ1n) is 4.21. The zero-order valence-corrected chi connectivity index (χ0v) is 8.45. The maximum absolute atomic E-state index is 10.6. The van der Waals surface area contributed by atoms with E-state index in [0.717, 1.165) is 17.7 Å². The van der Waals surface area contributed by atoms with Crippen LogP contribution in [0, 0.1) is 0 Å². The van der Waals surface area contributed by atoms with Crippen LogP contribution in [0.5, 0.6) is 0 Å². The average Bonchev–Trinajstić information content (AvgIpc) is 2.19. The highest BCUT2D eigenvalue weighted by Crippen LogP contribution is 2.05. The van der Waals surface area contributed by atoms with Crippen LogP contribution < -0.4 is 0 Å². The van der Waals surface area contributed by atoms with Crippen molar-refractivity contribution < 1.29 is 9.90 Å². The van der Waals surface area contributed by atoms with E-state index >= 15 is 0 Å². The SMILES string of the molecule is O=C(O)c1cc(C=CCCS)ccn1.